The summed E-state index contributed by atoms with van der Waals surface area (Å²) in [5.74, 6) is 1.12. The Bertz CT molecular complexity index is 767. The molecule has 1 aromatic carbocycles. The third-order valence-corrected chi connectivity index (χ3v) is 4.23. The van der Waals surface area contributed by atoms with Gasteiger partial charge in [0.15, 0.2) is 0 Å². The molecule has 2 aromatic rings. The summed E-state index contributed by atoms with van der Waals surface area (Å²) in [6.45, 7) is 9.60. The van der Waals surface area contributed by atoms with Gasteiger partial charge in [-0.25, -0.2) is 9.78 Å². The number of ether oxygens (including phenoxy) is 2. The largest absolute Gasteiger partial charge is 0.491 e. The van der Waals surface area contributed by atoms with Crippen LogP contribution in [-0.4, -0.2) is 41.3 Å². The van der Waals surface area contributed by atoms with Gasteiger partial charge in [-0.05, 0) is 46.2 Å². The molecule has 1 aliphatic heterocycles. The molecular weight excluding hydrogens is 316 g/mol. The topological polar surface area (TPSA) is 51.7 Å². The van der Waals surface area contributed by atoms with Crippen LogP contribution in [0, 0.1) is 12.8 Å². The van der Waals surface area contributed by atoms with Gasteiger partial charge >= 0.3 is 6.09 Å². The van der Waals surface area contributed by atoms with Crippen molar-refractivity contribution in [3.8, 4) is 5.75 Å². The lowest BCUT2D eigenvalue weighted by atomic mass is 10.1. The standard InChI is InChI=1S/C20H26N2O3/c1-14-8-9-16-6-5-7-17(18(16)21-14)24-13-15-10-11-22(12-15)19(23)25-20(2,3)4/h5-9,15H,10-13H2,1-4H3/t15-/m0/s1. The molecule has 3 rings (SSSR count). The summed E-state index contributed by atoms with van der Waals surface area (Å²) < 4.78 is 11.5. The van der Waals surface area contributed by atoms with Crippen LogP contribution in [0.2, 0.25) is 0 Å². The number of para-hydroxylation sites is 1. The van der Waals surface area contributed by atoms with Gasteiger partial charge < -0.3 is 14.4 Å². The van der Waals surface area contributed by atoms with E-state index >= 15 is 0 Å². The minimum Gasteiger partial charge on any atom is -0.491 e. The maximum absolute atomic E-state index is 12.1. The van der Waals surface area contributed by atoms with Crippen molar-refractivity contribution in [1.82, 2.24) is 9.88 Å². The van der Waals surface area contributed by atoms with E-state index in [1.54, 1.807) is 4.90 Å². The fourth-order valence-corrected chi connectivity index (χ4v) is 3.00. The molecule has 5 nitrogen and oxygen atoms in total. The molecule has 134 valence electrons. The van der Waals surface area contributed by atoms with Crippen LogP contribution >= 0.6 is 0 Å². The number of fused-ring (bicyclic) bond motifs is 1. The number of nitrogens with zero attached hydrogens (tertiary/aromatic N) is 2. The molecular formula is C20H26N2O3. The van der Waals surface area contributed by atoms with Gasteiger partial charge in [0.1, 0.15) is 16.9 Å². The number of hydrogen-bond acceptors (Lipinski definition) is 4. The van der Waals surface area contributed by atoms with E-state index in [4.69, 9.17) is 9.47 Å². The van der Waals surface area contributed by atoms with Crippen LogP contribution in [0.3, 0.4) is 0 Å². The minimum absolute atomic E-state index is 0.238. The van der Waals surface area contributed by atoms with E-state index < -0.39 is 5.60 Å². The first kappa shape index (κ1) is 17.5. The quantitative estimate of drug-likeness (QED) is 0.840. The van der Waals surface area contributed by atoms with Gasteiger partial charge in [0.25, 0.3) is 0 Å². The second-order valence-electron chi connectivity index (χ2n) is 7.67. The van der Waals surface area contributed by atoms with E-state index in [1.807, 2.05) is 52.0 Å². The van der Waals surface area contributed by atoms with Crippen molar-refractivity contribution in [2.75, 3.05) is 19.7 Å². The molecule has 1 atom stereocenters. The normalized spacial score (nSPS) is 17.8. The molecule has 25 heavy (non-hydrogen) atoms. The van der Waals surface area contributed by atoms with E-state index in [9.17, 15) is 4.79 Å². The van der Waals surface area contributed by atoms with Crippen LogP contribution in [-0.2, 0) is 4.74 Å². The maximum atomic E-state index is 12.1. The molecule has 0 bridgehead atoms. The molecule has 0 N–H and O–H groups in total. The zero-order valence-corrected chi connectivity index (χ0v) is 15.4. The second kappa shape index (κ2) is 6.90. The van der Waals surface area contributed by atoms with Gasteiger partial charge in [0, 0.05) is 30.1 Å². The Labute approximate surface area is 148 Å². The van der Waals surface area contributed by atoms with Crippen LogP contribution in [0.15, 0.2) is 30.3 Å². The Morgan fingerprint density at radius 2 is 2.08 bits per heavy atom. The van der Waals surface area contributed by atoms with Crippen LogP contribution in [0.5, 0.6) is 5.75 Å². The third-order valence-electron chi connectivity index (χ3n) is 4.23. The molecule has 0 saturated carbocycles. The van der Waals surface area contributed by atoms with Gasteiger partial charge in [0.2, 0.25) is 0 Å². The van der Waals surface area contributed by atoms with Gasteiger partial charge in [-0.3, -0.25) is 0 Å². The fraction of sp³-hybridized carbons (Fsp3) is 0.500. The minimum atomic E-state index is -0.460. The third kappa shape index (κ3) is 4.41. The predicted molar refractivity (Wildman–Crippen MR) is 97.9 cm³/mol. The number of carbonyl (C=O) groups excluding carboxylic acids is 1. The van der Waals surface area contributed by atoms with Crippen LogP contribution in [0.1, 0.15) is 32.9 Å². The highest BCUT2D eigenvalue weighted by Gasteiger charge is 2.30. The zero-order valence-electron chi connectivity index (χ0n) is 15.4. The molecule has 1 fully saturated rings. The van der Waals surface area contributed by atoms with Crippen molar-refractivity contribution in [1.29, 1.82) is 0 Å². The van der Waals surface area contributed by atoms with Crippen molar-refractivity contribution in [2.24, 2.45) is 5.92 Å². The Kier molecular flexibility index (Phi) is 4.84. The fourth-order valence-electron chi connectivity index (χ4n) is 3.00. The highest BCUT2D eigenvalue weighted by molar-refractivity contribution is 5.84. The highest BCUT2D eigenvalue weighted by Crippen LogP contribution is 2.26. The molecule has 2 heterocycles. The molecule has 0 spiro atoms. The Balaban J connectivity index is 1.60. The van der Waals surface area contributed by atoms with E-state index in [2.05, 4.69) is 11.1 Å². The van der Waals surface area contributed by atoms with Gasteiger partial charge in [-0.1, -0.05) is 18.2 Å². The number of aryl methyl sites for hydroxylation is 1. The Hall–Kier alpha value is -2.30. The average molecular weight is 342 g/mol. The SMILES string of the molecule is Cc1ccc2cccc(OC[C@H]3CCN(C(=O)OC(C)(C)C)C3)c2n1. The van der Waals surface area contributed by atoms with Gasteiger partial charge in [-0.2, -0.15) is 0 Å². The maximum Gasteiger partial charge on any atom is 0.410 e. The van der Waals surface area contributed by atoms with Crippen molar-refractivity contribution in [3.63, 3.8) is 0 Å². The molecule has 0 unspecified atom stereocenters. The molecule has 1 amide bonds. The van der Waals surface area contributed by atoms with E-state index in [0.717, 1.165) is 35.3 Å². The molecule has 0 aliphatic carbocycles. The molecule has 1 aromatic heterocycles. The second-order valence-corrected chi connectivity index (χ2v) is 7.67. The number of rotatable bonds is 3. The van der Waals surface area contributed by atoms with Crippen LogP contribution in [0.25, 0.3) is 10.9 Å². The van der Waals surface area contributed by atoms with Crippen LogP contribution < -0.4 is 4.74 Å². The number of likely N-dealkylation sites (tertiary alicyclic amines) is 1. The summed E-state index contributed by atoms with van der Waals surface area (Å²) in [5, 5.41) is 1.07. The Morgan fingerprint density at radius 3 is 2.84 bits per heavy atom. The first-order valence-corrected chi connectivity index (χ1v) is 8.79. The van der Waals surface area contributed by atoms with Crippen molar-refractivity contribution < 1.29 is 14.3 Å². The molecule has 1 aliphatic rings. The van der Waals surface area contributed by atoms with Crippen molar-refractivity contribution in [2.45, 2.75) is 39.7 Å². The number of pyridine rings is 1. The molecule has 1 saturated heterocycles. The van der Waals surface area contributed by atoms with E-state index in [1.165, 1.54) is 0 Å². The number of hydrogen-bond donors (Lipinski definition) is 0. The smallest absolute Gasteiger partial charge is 0.410 e. The summed E-state index contributed by atoms with van der Waals surface area (Å²) in [6.07, 6.45) is 0.689. The van der Waals surface area contributed by atoms with Gasteiger partial charge in [0.05, 0.1) is 6.61 Å². The number of amides is 1. The lowest BCUT2D eigenvalue weighted by Crippen LogP contribution is -2.35. The lowest BCUT2D eigenvalue weighted by Gasteiger charge is -2.24. The first-order valence-electron chi connectivity index (χ1n) is 8.79. The first-order chi connectivity index (χ1) is 11.8. The van der Waals surface area contributed by atoms with Crippen molar-refractivity contribution >= 4 is 17.0 Å². The summed E-state index contributed by atoms with van der Waals surface area (Å²) in [4.78, 5) is 18.5. The summed E-state index contributed by atoms with van der Waals surface area (Å²) in [6, 6.07) is 10.0. The molecule has 5 heteroatoms. The number of aromatic nitrogens is 1. The van der Waals surface area contributed by atoms with Crippen molar-refractivity contribution in [3.05, 3.63) is 36.0 Å². The van der Waals surface area contributed by atoms with Crippen LogP contribution in [0.4, 0.5) is 4.79 Å². The molecule has 0 radical (unpaired) electrons. The highest BCUT2D eigenvalue weighted by atomic mass is 16.6. The summed E-state index contributed by atoms with van der Waals surface area (Å²) in [5.41, 5.74) is 1.41. The monoisotopic (exact) mass is 342 g/mol. The lowest BCUT2D eigenvalue weighted by molar-refractivity contribution is 0.0285. The van der Waals surface area contributed by atoms with E-state index in [-0.39, 0.29) is 6.09 Å². The average Bonchev–Trinajstić information content (AvgIpc) is 3.00. The predicted octanol–water partition coefficient (Wildman–Crippen LogP) is 4.18. The summed E-state index contributed by atoms with van der Waals surface area (Å²) >= 11 is 0. The zero-order chi connectivity index (χ0) is 18.0. The number of benzene rings is 1. The Morgan fingerprint density at radius 1 is 1.28 bits per heavy atom. The van der Waals surface area contributed by atoms with E-state index in [0.29, 0.717) is 19.1 Å². The number of carbonyl (C=O) groups is 1. The summed E-state index contributed by atoms with van der Waals surface area (Å²) in [7, 11) is 0. The van der Waals surface area contributed by atoms with Gasteiger partial charge in [-0.15, -0.1) is 0 Å².